The van der Waals surface area contributed by atoms with E-state index in [-0.39, 0.29) is 5.91 Å². The van der Waals surface area contributed by atoms with E-state index in [0.717, 1.165) is 11.3 Å². The predicted molar refractivity (Wildman–Crippen MR) is 81.3 cm³/mol. The molecule has 1 amide bonds. The van der Waals surface area contributed by atoms with Crippen LogP contribution in [-0.2, 0) is 6.54 Å². The second-order valence-corrected chi connectivity index (χ2v) is 5.32. The Morgan fingerprint density at radius 3 is 2.86 bits per heavy atom. The van der Waals surface area contributed by atoms with Gasteiger partial charge in [0.1, 0.15) is 5.69 Å². The van der Waals surface area contributed by atoms with Gasteiger partial charge in [0.25, 0.3) is 5.91 Å². The Morgan fingerprint density at radius 2 is 2.18 bits per heavy atom. The van der Waals surface area contributed by atoms with Crippen molar-refractivity contribution in [1.82, 2.24) is 15.5 Å². The molecule has 0 saturated heterocycles. The van der Waals surface area contributed by atoms with Crippen LogP contribution < -0.4 is 14.8 Å². The molecule has 2 N–H and O–H groups in total. The average molecular weight is 301 g/mol. The molecule has 1 aliphatic rings. The smallest absolute Gasteiger partial charge is 0.272 e. The largest absolute Gasteiger partial charge is 0.493 e. The van der Waals surface area contributed by atoms with Gasteiger partial charge in [0.05, 0.1) is 14.2 Å². The van der Waals surface area contributed by atoms with E-state index in [1.807, 2.05) is 24.3 Å². The highest BCUT2D eigenvalue weighted by Crippen LogP contribution is 2.39. The summed E-state index contributed by atoms with van der Waals surface area (Å²) in [5.74, 6) is 1.62. The van der Waals surface area contributed by atoms with E-state index in [2.05, 4.69) is 15.5 Å². The lowest BCUT2D eigenvalue weighted by Gasteiger charge is -2.12. The van der Waals surface area contributed by atoms with Crippen LogP contribution in [0.4, 0.5) is 0 Å². The van der Waals surface area contributed by atoms with E-state index in [1.54, 1.807) is 14.2 Å². The van der Waals surface area contributed by atoms with Gasteiger partial charge in [-0.25, -0.2) is 0 Å². The van der Waals surface area contributed by atoms with Gasteiger partial charge in [-0.2, -0.15) is 5.10 Å². The van der Waals surface area contributed by atoms with Gasteiger partial charge in [0.15, 0.2) is 11.5 Å². The zero-order chi connectivity index (χ0) is 15.5. The van der Waals surface area contributed by atoms with Crippen molar-refractivity contribution >= 4 is 5.91 Å². The SMILES string of the molecule is COc1cccc(CNC(=O)c2cc(C3CC3)[nH]n2)c1OC. The number of nitrogens with zero attached hydrogens (tertiary/aromatic N) is 1. The standard InChI is InChI=1S/C16H19N3O3/c1-21-14-5-3-4-11(15(14)22-2)9-17-16(20)13-8-12(18-19-13)10-6-7-10/h3-5,8,10H,6-7,9H2,1-2H3,(H,17,20)(H,18,19). The van der Waals surface area contributed by atoms with E-state index in [0.29, 0.717) is 29.7 Å². The third kappa shape index (κ3) is 2.90. The highest BCUT2D eigenvalue weighted by molar-refractivity contribution is 5.92. The molecule has 0 atom stereocenters. The molecule has 1 aromatic carbocycles. The van der Waals surface area contributed by atoms with Gasteiger partial charge >= 0.3 is 0 Å². The maximum atomic E-state index is 12.2. The molecule has 0 aliphatic heterocycles. The number of ether oxygens (including phenoxy) is 2. The van der Waals surface area contributed by atoms with Crippen LogP contribution >= 0.6 is 0 Å². The first-order valence-electron chi connectivity index (χ1n) is 7.26. The third-order valence-corrected chi connectivity index (χ3v) is 3.77. The summed E-state index contributed by atoms with van der Waals surface area (Å²) >= 11 is 0. The van der Waals surface area contributed by atoms with E-state index in [9.17, 15) is 4.79 Å². The average Bonchev–Trinajstić information content (AvgIpc) is 3.29. The number of nitrogens with one attached hydrogen (secondary N) is 2. The normalized spacial score (nSPS) is 13.7. The molecule has 1 saturated carbocycles. The van der Waals surface area contributed by atoms with Gasteiger partial charge in [-0.1, -0.05) is 12.1 Å². The number of methoxy groups -OCH3 is 2. The Kier molecular flexibility index (Phi) is 4.00. The third-order valence-electron chi connectivity index (χ3n) is 3.77. The summed E-state index contributed by atoms with van der Waals surface area (Å²) in [6, 6.07) is 7.40. The molecule has 6 heteroatoms. The molecule has 0 bridgehead atoms. The molecule has 0 unspecified atom stereocenters. The minimum Gasteiger partial charge on any atom is -0.493 e. The minimum absolute atomic E-state index is 0.201. The first kappa shape index (κ1) is 14.4. The van der Waals surface area contributed by atoms with E-state index < -0.39 is 0 Å². The molecule has 1 heterocycles. The first-order valence-corrected chi connectivity index (χ1v) is 7.26. The van der Waals surface area contributed by atoms with Crippen LogP contribution in [0.15, 0.2) is 24.3 Å². The van der Waals surface area contributed by atoms with Crippen molar-refractivity contribution < 1.29 is 14.3 Å². The summed E-state index contributed by atoms with van der Waals surface area (Å²) in [5, 5.41) is 9.86. The second-order valence-electron chi connectivity index (χ2n) is 5.32. The number of aromatic amines is 1. The fourth-order valence-electron chi connectivity index (χ4n) is 2.42. The highest BCUT2D eigenvalue weighted by Gasteiger charge is 2.26. The number of carbonyl (C=O) groups is 1. The summed E-state index contributed by atoms with van der Waals surface area (Å²) < 4.78 is 10.6. The van der Waals surface area contributed by atoms with Crippen molar-refractivity contribution in [2.24, 2.45) is 0 Å². The Balaban J connectivity index is 1.67. The molecule has 0 radical (unpaired) electrons. The molecular weight excluding hydrogens is 282 g/mol. The highest BCUT2D eigenvalue weighted by atomic mass is 16.5. The van der Waals surface area contributed by atoms with Crippen LogP contribution in [0.25, 0.3) is 0 Å². The molecule has 1 aliphatic carbocycles. The Morgan fingerprint density at radius 1 is 1.36 bits per heavy atom. The Bertz CT molecular complexity index is 677. The number of hydrogen-bond acceptors (Lipinski definition) is 4. The zero-order valence-corrected chi connectivity index (χ0v) is 12.7. The molecule has 2 aromatic rings. The maximum Gasteiger partial charge on any atom is 0.272 e. The van der Waals surface area contributed by atoms with Gasteiger partial charge in [0.2, 0.25) is 0 Å². The topological polar surface area (TPSA) is 76.2 Å². The van der Waals surface area contributed by atoms with Gasteiger partial charge in [-0.05, 0) is 25.0 Å². The number of benzene rings is 1. The summed E-state index contributed by atoms with van der Waals surface area (Å²) in [6.07, 6.45) is 2.34. The Hall–Kier alpha value is -2.50. The second kappa shape index (κ2) is 6.09. The fourth-order valence-corrected chi connectivity index (χ4v) is 2.42. The van der Waals surface area contributed by atoms with Crippen molar-refractivity contribution in [1.29, 1.82) is 0 Å². The molecule has 22 heavy (non-hydrogen) atoms. The monoisotopic (exact) mass is 301 g/mol. The number of H-pyrrole nitrogens is 1. The van der Waals surface area contributed by atoms with Crippen molar-refractivity contribution in [2.75, 3.05) is 14.2 Å². The molecule has 1 aromatic heterocycles. The quantitative estimate of drug-likeness (QED) is 0.858. The summed E-state index contributed by atoms with van der Waals surface area (Å²) in [5.41, 5.74) is 2.32. The molecule has 1 fully saturated rings. The maximum absolute atomic E-state index is 12.2. The minimum atomic E-state index is -0.201. The van der Waals surface area contributed by atoms with Crippen LogP contribution in [0.2, 0.25) is 0 Å². The molecule has 0 spiro atoms. The van der Waals surface area contributed by atoms with Gasteiger partial charge in [-0.3, -0.25) is 9.89 Å². The summed E-state index contributed by atoms with van der Waals surface area (Å²) in [6.45, 7) is 0.352. The number of carbonyl (C=O) groups excluding carboxylic acids is 1. The lowest BCUT2D eigenvalue weighted by Crippen LogP contribution is -2.23. The van der Waals surface area contributed by atoms with E-state index in [1.165, 1.54) is 12.8 Å². The molecule has 116 valence electrons. The van der Waals surface area contributed by atoms with Crippen LogP contribution in [0.3, 0.4) is 0 Å². The van der Waals surface area contributed by atoms with Gasteiger partial charge in [0, 0.05) is 23.7 Å². The number of aromatic nitrogens is 2. The fraction of sp³-hybridized carbons (Fsp3) is 0.375. The Labute approximate surface area is 128 Å². The predicted octanol–water partition coefficient (Wildman–Crippen LogP) is 2.23. The van der Waals surface area contributed by atoms with Crippen LogP contribution in [0.5, 0.6) is 11.5 Å². The van der Waals surface area contributed by atoms with Gasteiger partial charge in [-0.15, -0.1) is 0 Å². The number of amides is 1. The zero-order valence-electron chi connectivity index (χ0n) is 12.7. The molecular formula is C16H19N3O3. The number of para-hydroxylation sites is 1. The summed E-state index contributed by atoms with van der Waals surface area (Å²) in [4.78, 5) is 12.2. The number of rotatable bonds is 6. The van der Waals surface area contributed by atoms with Crippen LogP contribution in [-0.4, -0.2) is 30.3 Å². The first-order chi connectivity index (χ1) is 10.7. The van der Waals surface area contributed by atoms with Crippen molar-refractivity contribution in [2.45, 2.75) is 25.3 Å². The lowest BCUT2D eigenvalue weighted by atomic mass is 10.2. The van der Waals surface area contributed by atoms with Crippen molar-refractivity contribution in [3.8, 4) is 11.5 Å². The van der Waals surface area contributed by atoms with Gasteiger partial charge < -0.3 is 14.8 Å². The van der Waals surface area contributed by atoms with Crippen LogP contribution in [0, 0.1) is 0 Å². The lowest BCUT2D eigenvalue weighted by molar-refractivity contribution is 0.0945. The van der Waals surface area contributed by atoms with Crippen molar-refractivity contribution in [3.05, 3.63) is 41.2 Å². The van der Waals surface area contributed by atoms with Crippen molar-refractivity contribution in [3.63, 3.8) is 0 Å². The summed E-state index contributed by atoms with van der Waals surface area (Å²) in [7, 11) is 3.17. The number of hydrogen-bond donors (Lipinski definition) is 2. The van der Waals surface area contributed by atoms with E-state index >= 15 is 0 Å². The van der Waals surface area contributed by atoms with Crippen LogP contribution in [0.1, 0.15) is 40.5 Å². The molecule has 3 rings (SSSR count). The van der Waals surface area contributed by atoms with E-state index in [4.69, 9.17) is 9.47 Å². The molecule has 6 nitrogen and oxygen atoms in total.